The molecule has 9 nitrogen and oxygen atoms in total. The molecule has 3 amide bonds. The molecule has 0 bridgehead atoms. The van der Waals surface area contributed by atoms with Crippen LogP contribution in [0.4, 0.5) is 5.13 Å². The van der Waals surface area contributed by atoms with E-state index in [9.17, 15) is 14.4 Å². The van der Waals surface area contributed by atoms with E-state index >= 15 is 0 Å². The maximum absolute atomic E-state index is 13.4. The van der Waals surface area contributed by atoms with Gasteiger partial charge in [-0.1, -0.05) is 23.5 Å². The third-order valence-corrected chi connectivity index (χ3v) is 6.56. The van der Waals surface area contributed by atoms with E-state index in [0.29, 0.717) is 59.6 Å². The highest BCUT2D eigenvalue weighted by atomic mass is 35.5. The van der Waals surface area contributed by atoms with Crippen LogP contribution in [-0.2, 0) is 4.79 Å². The molecule has 1 aromatic heterocycles. The quantitative estimate of drug-likeness (QED) is 0.478. The zero-order valence-electron chi connectivity index (χ0n) is 18.6. The van der Waals surface area contributed by atoms with Gasteiger partial charge >= 0.3 is 0 Å². The first-order chi connectivity index (χ1) is 15.9. The van der Waals surface area contributed by atoms with Crippen molar-refractivity contribution >= 4 is 56.8 Å². The second-order valence-electron chi connectivity index (χ2n) is 8.05. The number of imide groups is 1. The lowest BCUT2D eigenvalue weighted by Gasteiger charge is -2.24. The van der Waals surface area contributed by atoms with Gasteiger partial charge in [-0.2, -0.15) is 0 Å². The van der Waals surface area contributed by atoms with Gasteiger partial charge in [-0.3, -0.25) is 24.2 Å². The summed E-state index contributed by atoms with van der Waals surface area (Å²) in [6.07, 6.45) is 0. The standard InChI is InChI=1S/C23H22N4O5S.ClH/c1-25(2)7-8-26(20(28)13-27-21(29)14-5-3-4-6-15(14)22(27)30)23-24-16-11-17-18(12-19(16)33-23)32-10-9-31-17;/h3-6,11-12H,7-10,13H2,1-2H3;1H. The maximum atomic E-state index is 13.4. The van der Waals surface area contributed by atoms with Crippen molar-refractivity contribution in [2.75, 3.05) is 51.8 Å². The maximum Gasteiger partial charge on any atom is 0.262 e. The van der Waals surface area contributed by atoms with Crippen molar-refractivity contribution in [1.82, 2.24) is 14.8 Å². The minimum Gasteiger partial charge on any atom is -0.486 e. The van der Waals surface area contributed by atoms with Gasteiger partial charge in [0.25, 0.3) is 11.8 Å². The number of thiazole rings is 1. The number of amides is 3. The third-order valence-electron chi connectivity index (χ3n) is 5.52. The fourth-order valence-electron chi connectivity index (χ4n) is 3.80. The van der Waals surface area contributed by atoms with Gasteiger partial charge in [-0.25, -0.2) is 4.98 Å². The molecular formula is C23H23ClN4O5S. The number of hydrogen-bond donors (Lipinski definition) is 0. The number of nitrogens with zero attached hydrogens (tertiary/aromatic N) is 4. The van der Waals surface area contributed by atoms with Crippen LogP contribution in [0.5, 0.6) is 11.5 Å². The van der Waals surface area contributed by atoms with E-state index < -0.39 is 11.8 Å². The Morgan fingerprint density at radius 2 is 1.65 bits per heavy atom. The average Bonchev–Trinajstić information content (AvgIpc) is 3.31. The van der Waals surface area contributed by atoms with Crippen LogP contribution >= 0.6 is 23.7 Å². The molecule has 178 valence electrons. The SMILES string of the molecule is CN(C)CCN(C(=O)CN1C(=O)c2ccccc2C1=O)c1nc2cc3c(cc2s1)OCCO3.Cl. The van der Waals surface area contributed by atoms with Crippen LogP contribution < -0.4 is 14.4 Å². The Morgan fingerprint density at radius 3 is 2.26 bits per heavy atom. The predicted molar refractivity (Wildman–Crippen MR) is 131 cm³/mol. The number of ether oxygens (including phenoxy) is 2. The Bertz CT molecular complexity index is 1200. The van der Waals surface area contributed by atoms with Gasteiger partial charge in [-0.15, -0.1) is 12.4 Å². The monoisotopic (exact) mass is 502 g/mol. The molecule has 0 saturated heterocycles. The smallest absolute Gasteiger partial charge is 0.262 e. The van der Waals surface area contributed by atoms with E-state index in [-0.39, 0.29) is 24.9 Å². The van der Waals surface area contributed by atoms with Crippen molar-refractivity contribution in [3.63, 3.8) is 0 Å². The molecule has 0 fully saturated rings. The second kappa shape index (κ2) is 9.57. The number of carbonyl (C=O) groups is 3. The number of hydrogen-bond acceptors (Lipinski definition) is 8. The third kappa shape index (κ3) is 4.31. The number of carbonyl (C=O) groups excluding carboxylic acids is 3. The fraction of sp³-hybridized carbons (Fsp3) is 0.304. The highest BCUT2D eigenvalue weighted by Gasteiger charge is 2.37. The summed E-state index contributed by atoms with van der Waals surface area (Å²) in [5.41, 5.74) is 1.34. The first-order valence-electron chi connectivity index (χ1n) is 10.5. The predicted octanol–water partition coefficient (Wildman–Crippen LogP) is 2.68. The normalized spacial score (nSPS) is 14.4. The average molecular weight is 503 g/mol. The fourth-order valence-corrected chi connectivity index (χ4v) is 4.82. The Kier molecular flexibility index (Phi) is 6.74. The number of halogens is 1. The van der Waals surface area contributed by atoms with Crippen LogP contribution in [-0.4, -0.2) is 79.4 Å². The van der Waals surface area contributed by atoms with E-state index in [2.05, 4.69) is 4.98 Å². The molecule has 2 aliphatic rings. The van der Waals surface area contributed by atoms with Crippen LogP contribution in [0.3, 0.4) is 0 Å². The van der Waals surface area contributed by atoms with Gasteiger partial charge in [0.05, 0.1) is 21.3 Å². The van der Waals surface area contributed by atoms with Crippen molar-refractivity contribution in [1.29, 1.82) is 0 Å². The molecule has 5 rings (SSSR count). The summed E-state index contributed by atoms with van der Waals surface area (Å²) >= 11 is 1.36. The lowest BCUT2D eigenvalue weighted by Crippen LogP contribution is -2.45. The summed E-state index contributed by atoms with van der Waals surface area (Å²) in [6.45, 7) is 1.56. The van der Waals surface area contributed by atoms with Crippen molar-refractivity contribution < 1.29 is 23.9 Å². The van der Waals surface area contributed by atoms with E-state index in [4.69, 9.17) is 9.47 Å². The number of fused-ring (bicyclic) bond motifs is 3. The van der Waals surface area contributed by atoms with Crippen LogP contribution in [0, 0.1) is 0 Å². The minimum absolute atomic E-state index is 0. The molecule has 3 heterocycles. The lowest BCUT2D eigenvalue weighted by molar-refractivity contribution is -0.119. The van der Waals surface area contributed by atoms with Crippen molar-refractivity contribution in [2.24, 2.45) is 0 Å². The summed E-state index contributed by atoms with van der Waals surface area (Å²) in [5, 5.41) is 0.496. The number of rotatable bonds is 6. The number of likely N-dealkylation sites (N-methyl/N-ethyl adjacent to an activating group) is 1. The molecule has 0 saturated carbocycles. The highest BCUT2D eigenvalue weighted by molar-refractivity contribution is 7.22. The Morgan fingerprint density at radius 1 is 1.03 bits per heavy atom. The first-order valence-corrected chi connectivity index (χ1v) is 11.3. The van der Waals surface area contributed by atoms with Crippen LogP contribution in [0.2, 0.25) is 0 Å². The molecule has 0 spiro atoms. The topological polar surface area (TPSA) is 92.3 Å². The first kappa shape index (κ1) is 23.9. The van der Waals surface area contributed by atoms with Crippen molar-refractivity contribution in [2.45, 2.75) is 0 Å². The molecule has 0 N–H and O–H groups in total. The van der Waals surface area contributed by atoms with E-state index in [0.717, 1.165) is 9.60 Å². The molecule has 0 aliphatic carbocycles. The second-order valence-corrected chi connectivity index (χ2v) is 9.06. The molecule has 0 radical (unpaired) electrons. The molecule has 2 aliphatic heterocycles. The van der Waals surface area contributed by atoms with Gasteiger partial charge in [-0.05, 0) is 26.2 Å². The van der Waals surface area contributed by atoms with Crippen molar-refractivity contribution in [3.8, 4) is 11.5 Å². The van der Waals surface area contributed by atoms with Crippen LogP contribution in [0.25, 0.3) is 10.2 Å². The molecule has 2 aromatic carbocycles. The number of benzene rings is 2. The molecular weight excluding hydrogens is 480 g/mol. The molecule has 0 unspecified atom stereocenters. The highest BCUT2D eigenvalue weighted by Crippen LogP contribution is 2.39. The van der Waals surface area contributed by atoms with Gasteiger partial charge < -0.3 is 14.4 Å². The largest absolute Gasteiger partial charge is 0.486 e. The summed E-state index contributed by atoms with van der Waals surface area (Å²) in [7, 11) is 3.82. The zero-order chi connectivity index (χ0) is 23.1. The summed E-state index contributed by atoms with van der Waals surface area (Å²) < 4.78 is 12.2. The summed E-state index contributed by atoms with van der Waals surface area (Å²) in [6, 6.07) is 10.3. The van der Waals surface area contributed by atoms with Gasteiger partial charge in [0.15, 0.2) is 16.6 Å². The number of anilines is 1. The van der Waals surface area contributed by atoms with Gasteiger partial charge in [0.2, 0.25) is 5.91 Å². The van der Waals surface area contributed by atoms with Crippen molar-refractivity contribution in [3.05, 3.63) is 47.5 Å². The Balaban J connectivity index is 0.00000274. The van der Waals surface area contributed by atoms with Gasteiger partial charge in [0.1, 0.15) is 19.8 Å². The van der Waals surface area contributed by atoms with Gasteiger partial charge in [0, 0.05) is 25.2 Å². The molecule has 34 heavy (non-hydrogen) atoms. The number of aromatic nitrogens is 1. The molecule has 0 atom stereocenters. The Hall–Kier alpha value is -3.21. The van der Waals surface area contributed by atoms with E-state index in [1.165, 1.54) is 16.2 Å². The van der Waals surface area contributed by atoms with Crippen LogP contribution in [0.15, 0.2) is 36.4 Å². The summed E-state index contributed by atoms with van der Waals surface area (Å²) in [4.78, 5) is 48.0. The zero-order valence-corrected chi connectivity index (χ0v) is 20.3. The molecule has 3 aromatic rings. The molecule has 11 heteroatoms. The van der Waals surface area contributed by atoms with E-state index in [1.807, 2.05) is 31.1 Å². The minimum atomic E-state index is -0.456. The Labute approximate surface area is 206 Å². The summed E-state index contributed by atoms with van der Waals surface area (Å²) in [5.74, 6) is -0.00262. The lowest BCUT2D eigenvalue weighted by atomic mass is 10.1. The van der Waals surface area contributed by atoms with E-state index in [1.54, 1.807) is 24.3 Å². The van der Waals surface area contributed by atoms with Crippen LogP contribution in [0.1, 0.15) is 20.7 Å².